The minimum Gasteiger partial charge on any atom is -0.382 e. The second-order valence-electron chi connectivity index (χ2n) is 5.50. The van der Waals surface area contributed by atoms with Crippen LogP contribution in [0, 0.1) is 12.7 Å². The van der Waals surface area contributed by atoms with Crippen molar-refractivity contribution in [3.63, 3.8) is 0 Å². The number of aromatic nitrogens is 5. The van der Waals surface area contributed by atoms with Crippen LogP contribution in [0.4, 0.5) is 10.2 Å². The maximum Gasteiger partial charge on any atom is 0.282 e. The van der Waals surface area contributed by atoms with E-state index in [1.165, 1.54) is 16.8 Å². The standard InChI is InChI=1S/C17H13FN6O/c1-10-2-8-13(9-3-10)24-15(19)14(21-23-24)17-20-16(22-25-17)11-4-6-12(18)7-5-11/h2-9H,19H2,1H3. The SMILES string of the molecule is Cc1ccc(-n2nnc(-c3nc(-c4ccc(F)cc4)no3)c2N)cc1. The molecule has 0 unspecified atom stereocenters. The summed E-state index contributed by atoms with van der Waals surface area (Å²) in [4.78, 5) is 4.27. The first kappa shape index (κ1) is 15.0. The zero-order valence-corrected chi connectivity index (χ0v) is 13.2. The second-order valence-corrected chi connectivity index (χ2v) is 5.50. The highest BCUT2D eigenvalue weighted by molar-refractivity contribution is 5.66. The van der Waals surface area contributed by atoms with Crippen LogP contribution in [0.2, 0.25) is 0 Å². The van der Waals surface area contributed by atoms with Gasteiger partial charge < -0.3 is 10.3 Å². The Balaban J connectivity index is 1.69. The van der Waals surface area contributed by atoms with Crippen molar-refractivity contribution in [1.29, 1.82) is 0 Å². The fourth-order valence-corrected chi connectivity index (χ4v) is 2.35. The van der Waals surface area contributed by atoms with Gasteiger partial charge in [0, 0.05) is 5.56 Å². The average Bonchev–Trinajstić information content (AvgIpc) is 3.23. The molecule has 0 saturated heterocycles. The molecule has 0 spiro atoms. The van der Waals surface area contributed by atoms with E-state index >= 15 is 0 Å². The second kappa shape index (κ2) is 5.82. The van der Waals surface area contributed by atoms with Gasteiger partial charge in [-0.25, -0.2) is 4.39 Å². The van der Waals surface area contributed by atoms with Gasteiger partial charge in [-0.05, 0) is 43.3 Å². The molecule has 124 valence electrons. The smallest absolute Gasteiger partial charge is 0.282 e. The van der Waals surface area contributed by atoms with E-state index < -0.39 is 0 Å². The van der Waals surface area contributed by atoms with Gasteiger partial charge in [0.2, 0.25) is 5.82 Å². The van der Waals surface area contributed by atoms with Crippen LogP contribution in [0.3, 0.4) is 0 Å². The van der Waals surface area contributed by atoms with Crippen LogP contribution in [-0.2, 0) is 0 Å². The van der Waals surface area contributed by atoms with Gasteiger partial charge in [-0.2, -0.15) is 9.67 Å². The number of benzene rings is 2. The van der Waals surface area contributed by atoms with Crippen LogP contribution < -0.4 is 5.73 Å². The molecule has 0 aliphatic carbocycles. The lowest BCUT2D eigenvalue weighted by atomic mass is 10.2. The topological polar surface area (TPSA) is 95.6 Å². The summed E-state index contributed by atoms with van der Waals surface area (Å²) in [6.45, 7) is 2.00. The number of nitrogen functional groups attached to an aromatic ring is 1. The molecule has 0 radical (unpaired) electrons. The third-order valence-corrected chi connectivity index (χ3v) is 3.71. The van der Waals surface area contributed by atoms with Gasteiger partial charge in [0.25, 0.3) is 5.89 Å². The molecule has 0 atom stereocenters. The lowest BCUT2D eigenvalue weighted by molar-refractivity contribution is 0.431. The zero-order valence-electron chi connectivity index (χ0n) is 13.2. The maximum absolute atomic E-state index is 13.0. The molecule has 4 rings (SSSR count). The Hall–Kier alpha value is -3.55. The molecular weight excluding hydrogens is 323 g/mol. The Morgan fingerprint density at radius 2 is 1.76 bits per heavy atom. The molecule has 2 heterocycles. The molecule has 8 heteroatoms. The summed E-state index contributed by atoms with van der Waals surface area (Å²) in [5, 5.41) is 12.0. The predicted molar refractivity (Wildman–Crippen MR) is 89.2 cm³/mol. The summed E-state index contributed by atoms with van der Waals surface area (Å²) in [5.74, 6) is 0.422. The first-order valence-corrected chi connectivity index (χ1v) is 7.50. The maximum atomic E-state index is 13.0. The quantitative estimate of drug-likeness (QED) is 0.618. The van der Waals surface area contributed by atoms with Gasteiger partial charge in [0.05, 0.1) is 5.69 Å². The van der Waals surface area contributed by atoms with Crippen molar-refractivity contribution in [2.45, 2.75) is 6.92 Å². The van der Waals surface area contributed by atoms with E-state index in [9.17, 15) is 4.39 Å². The number of hydrogen-bond donors (Lipinski definition) is 1. The monoisotopic (exact) mass is 336 g/mol. The van der Waals surface area contributed by atoms with Crippen molar-refractivity contribution in [3.05, 3.63) is 59.9 Å². The molecule has 7 nitrogen and oxygen atoms in total. The minimum absolute atomic E-state index is 0.148. The van der Waals surface area contributed by atoms with E-state index in [2.05, 4.69) is 20.5 Å². The van der Waals surface area contributed by atoms with Gasteiger partial charge in [-0.15, -0.1) is 5.10 Å². The summed E-state index contributed by atoms with van der Waals surface area (Å²) in [6, 6.07) is 13.5. The van der Waals surface area contributed by atoms with Crippen molar-refractivity contribution in [1.82, 2.24) is 25.1 Å². The van der Waals surface area contributed by atoms with Gasteiger partial charge in [0.15, 0.2) is 11.5 Å². The molecule has 2 N–H and O–H groups in total. The molecule has 0 aliphatic heterocycles. The average molecular weight is 336 g/mol. The first-order chi connectivity index (χ1) is 12.1. The highest BCUT2D eigenvalue weighted by Gasteiger charge is 2.19. The number of aryl methyl sites for hydroxylation is 1. The molecule has 0 fully saturated rings. The first-order valence-electron chi connectivity index (χ1n) is 7.50. The normalized spacial score (nSPS) is 11.0. The lowest BCUT2D eigenvalue weighted by Gasteiger charge is -2.02. The van der Waals surface area contributed by atoms with E-state index in [0.717, 1.165) is 11.3 Å². The molecule has 2 aromatic carbocycles. The molecule has 0 aliphatic rings. The van der Waals surface area contributed by atoms with Gasteiger partial charge >= 0.3 is 0 Å². The van der Waals surface area contributed by atoms with Crippen LogP contribution in [0.15, 0.2) is 53.1 Å². The largest absolute Gasteiger partial charge is 0.382 e. The Morgan fingerprint density at radius 1 is 1.04 bits per heavy atom. The number of rotatable bonds is 3. The van der Waals surface area contributed by atoms with Crippen molar-refractivity contribution in [2.24, 2.45) is 0 Å². The third kappa shape index (κ3) is 2.74. The molecular formula is C17H13FN6O. The lowest BCUT2D eigenvalue weighted by Crippen LogP contribution is -2.02. The summed E-state index contributed by atoms with van der Waals surface area (Å²) in [7, 11) is 0. The van der Waals surface area contributed by atoms with Crippen molar-refractivity contribution in [2.75, 3.05) is 5.73 Å². The zero-order chi connectivity index (χ0) is 17.4. The van der Waals surface area contributed by atoms with Gasteiger partial charge in [-0.1, -0.05) is 28.1 Å². The highest BCUT2D eigenvalue weighted by atomic mass is 19.1. The highest BCUT2D eigenvalue weighted by Crippen LogP contribution is 2.26. The summed E-state index contributed by atoms with van der Waals surface area (Å²) in [5.41, 5.74) is 8.96. The fourth-order valence-electron chi connectivity index (χ4n) is 2.35. The van der Waals surface area contributed by atoms with Crippen molar-refractivity contribution < 1.29 is 8.91 Å². The van der Waals surface area contributed by atoms with Crippen LogP contribution in [0.1, 0.15) is 5.56 Å². The Bertz CT molecular complexity index is 1020. The Morgan fingerprint density at radius 3 is 2.48 bits per heavy atom. The van der Waals surface area contributed by atoms with Crippen LogP contribution in [0.25, 0.3) is 28.7 Å². The Labute approximate surface area is 141 Å². The van der Waals surface area contributed by atoms with Gasteiger partial charge in [0.1, 0.15) is 5.82 Å². The molecule has 0 bridgehead atoms. The van der Waals surface area contributed by atoms with E-state index in [1.54, 1.807) is 12.1 Å². The van der Waals surface area contributed by atoms with Gasteiger partial charge in [-0.3, -0.25) is 0 Å². The van der Waals surface area contributed by atoms with Crippen molar-refractivity contribution in [3.8, 4) is 28.7 Å². The fraction of sp³-hybridized carbons (Fsp3) is 0.0588. The minimum atomic E-state index is -0.335. The van der Waals surface area contributed by atoms with E-state index in [1.807, 2.05) is 31.2 Å². The number of nitrogens with two attached hydrogens (primary N) is 1. The number of hydrogen-bond acceptors (Lipinski definition) is 6. The van der Waals surface area contributed by atoms with E-state index in [4.69, 9.17) is 10.3 Å². The molecule has 2 aromatic heterocycles. The van der Waals surface area contributed by atoms with Crippen LogP contribution >= 0.6 is 0 Å². The molecule has 4 aromatic rings. The summed E-state index contributed by atoms with van der Waals surface area (Å²) >= 11 is 0. The summed E-state index contributed by atoms with van der Waals surface area (Å²) in [6.07, 6.45) is 0. The van der Waals surface area contributed by atoms with E-state index in [0.29, 0.717) is 17.1 Å². The predicted octanol–water partition coefficient (Wildman–Crippen LogP) is 3.01. The molecule has 25 heavy (non-hydrogen) atoms. The van der Waals surface area contributed by atoms with E-state index in [-0.39, 0.29) is 17.5 Å². The third-order valence-electron chi connectivity index (χ3n) is 3.71. The Kier molecular flexibility index (Phi) is 3.50. The molecule has 0 saturated carbocycles. The summed E-state index contributed by atoms with van der Waals surface area (Å²) < 4.78 is 19.7. The number of anilines is 1. The number of halogens is 1. The van der Waals surface area contributed by atoms with Crippen molar-refractivity contribution >= 4 is 5.82 Å². The van der Waals surface area contributed by atoms with Crippen LogP contribution in [0.5, 0.6) is 0 Å². The van der Waals surface area contributed by atoms with Crippen LogP contribution in [-0.4, -0.2) is 25.1 Å². The number of nitrogens with zero attached hydrogens (tertiary/aromatic N) is 5. The molecule has 0 amide bonds.